The average Bonchev–Trinajstić information content (AvgIpc) is 2.70. The number of nitrogens with zero attached hydrogens (tertiary/aromatic N) is 2. The Morgan fingerprint density at radius 2 is 1.67 bits per heavy atom. The Bertz CT molecular complexity index is 1010. The van der Waals surface area contributed by atoms with Gasteiger partial charge in [-0.05, 0) is 59.7 Å². The quantitative estimate of drug-likeness (QED) is 0.824. The summed E-state index contributed by atoms with van der Waals surface area (Å²) in [6.07, 6.45) is 1.49. The SMILES string of the molecule is CN(C)C(=O)c1ccc(C(=O)N2CC[C@]3(C)c4cccc(O)c4C[C@@H]2C3(C)C)cc1. The molecular weight excluding hydrogens is 376 g/mol. The Morgan fingerprint density at radius 1 is 1.03 bits per heavy atom. The molecule has 0 spiro atoms. The number of phenolic OH excluding ortho intramolecular Hbond substituents is 1. The Kier molecular flexibility index (Phi) is 4.68. The zero-order valence-electron chi connectivity index (χ0n) is 18.4. The van der Waals surface area contributed by atoms with E-state index in [1.165, 1.54) is 10.5 Å². The summed E-state index contributed by atoms with van der Waals surface area (Å²) in [6, 6.07) is 12.7. The number of aromatic hydroxyl groups is 1. The van der Waals surface area contributed by atoms with Crippen molar-refractivity contribution in [3.05, 3.63) is 64.7 Å². The summed E-state index contributed by atoms with van der Waals surface area (Å²) in [4.78, 5) is 29.1. The molecule has 1 N–H and O–H groups in total. The Balaban J connectivity index is 1.68. The Labute approximate surface area is 178 Å². The fourth-order valence-corrected chi connectivity index (χ4v) is 5.35. The summed E-state index contributed by atoms with van der Waals surface area (Å²) >= 11 is 0. The highest BCUT2D eigenvalue weighted by Crippen LogP contribution is 2.57. The molecule has 5 heteroatoms. The minimum absolute atomic E-state index is 0.00682. The molecule has 1 aliphatic carbocycles. The van der Waals surface area contributed by atoms with Gasteiger partial charge in [-0.3, -0.25) is 9.59 Å². The monoisotopic (exact) mass is 406 g/mol. The van der Waals surface area contributed by atoms with Crippen molar-refractivity contribution in [2.75, 3.05) is 20.6 Å². The molecule has 1 fully saturated rings. The van der Waals surface area contributed by atoms with Gasteiger partial charge in [0.05, 0.1) is 0 Å². The van der Waals surface area contributed by atoms with Gasteiger partial charge in [-0.2, -0.15) is 0 Å². The van der Waals surface area contributed by atoms with Crippen LogP contribution in [0.2, 0.25) is 0 Å². The van der Waals surface area contributed by atoms with Gasteiger partial charge in [0.25, 0.3) is 11.8 Å². The second-order valence-corrected chi connectivity index (χ2v) is 9.60. The van der Waals surface area contributed by atoms with Crippen LogP contribution in [0.15, 0.2) is 42.5 Å². The molecule has 2 aromatic carbocycles. The van der Waals surface area contributed by atoms with Crippen LogP contribution in [0.4, 0.5) is 0 Å². The summed E-state index contributed by atoms with van der Waals surface area (Å²) in [7, 11) is 3.43. The van der Waals surface area contributed by atoms with Crippen LogP contribution in [0.1, 0.15) is 59.0 Å². The zero-order valence-corrected chi connectivity index (χ0v) is 18.4. The number of hydrogen-bond donors (Lipinski definition) is 1. The van der Waals surface area contributed by atoms with Crippen LogP contribution >= 0.6 is 0 Å². The van der Waals surface area contributed by atoms with Crippen molar-refractivity contribution in [3.8, 4) is 5.75 Å². The van der Waals surface area contributed by atoms with E-state index in [0.29, 0.717) is 29.8 Å². The van der Waals surface area contributed by atoms with Crippen LogP contribution in [0.5, 0.6) is 5.75 Å². The Morgan fingerprint density at radius 3 is 2.30 bits per heavy atom. The molecule has 4 rings (SSSR count). The van der Waals surface area contributed by atoms with E-state index in [2.05, 4.69) is 26.8 Å². The highest BCUT2D eigenvalue weighted by Gasteiger charge is 2.57. The summed E-state index contributed by atoms with van der Waals surface area (Å²) in [5.74, 6) is 0.223. The predicted octanol–water partition coefficient (Wildman–Crippen LogP) is 3.85. The second-order valence-electron chi connectivity index (χ2n) is 9.60. The van der Waals surface area contributed by atoms with Gasteiger partial charge in [0.2, 0.25) is 0 Å². The van der Waals surface area contributed by atoms with Crippen molar-refractivity contribution in [2.45, 2.75) is 45.1 Å². The van der Waals surface area contributed by atoms with Crippen LogP contribution < -0.4 is 0 Å². The molecule has 0 saturated carbocycles. The smallest absolute Gasteiger partial charge is 0.254 e. The minimum atomic E-state index is -0.136. The fourth-order valence-electron chi connectivity index (χ4n) is 5.35. The number of carbonyl (C=O) groups excluding carboxylic acids is 2. The number of rotatable bonds is 2. The number of amides is 2. The van der Waals surface area contributed by atoms with E-state index in [1.807, 2.05) is 11.0 Å². The van der Waals surface area contributed by atoms with E-state index in [9.17, 15) is 14.7 Å². The van der Waals surface area contributed by atoms with Gasteiger partial charge in [-0.25, -0.2) is 0 Å². The third kappa shape index (κ3) is 2.83. The van der Waals surface area contributed by atoms with Gasteiger partial charge in [-0.1, -0.05) is 32.9 Å². The van der Waals surface area contributed by atoms with Crippen LogP contribution in [-0.2, 0) is 11.8 Å². The number of carbonyl (C=O) groups is 2. The van der Waals surface area contributed by atoms with E-state index in [0.717, 1.165) is 12.0 Å². The lowest BCUT2D eigenvalue weighted by Gasteiger charge is -2.60. The summed E-state index contributed by atoms with van der Waals surface area (Å²) in [5, 5.41) is 10.5. The molecule has 2 atom stereocenters. The molecule has 2 amide bonds. The molecule has 1 aliphatic heterocycles. The van der Waals surface area contributed by atoms with E-state index in [-0.39, 0.29) is 28.7 Å². The maximum absolute atomic E-state index is 13.5. The number of phenols is 1. The summed E-state index contributed by atoms with van der Waals surface area (Å²) in [5.41, 5.74) is 3.09. The van der Waals surface area contributed by atoms with E-state index in [4.69, 9.17) is 0 Å². The van der Waals surface area contributed by atoms with Crippen LogP contribution in [0.3, 0.4) is 0 Å². The largest absolute Gasteiger partial charge is 0.508 e. The van der Waals surface area contributed by atoms with Gasteiger partial charge in [-0.15, -0.1) is 0 Å². The molecule has 0 aromatic heterocycles. The lowest BCUT2D eigenvalue weighted by molar-refractivity contribution is -0.0266. The van der Waals surface area contributed by atoms with Crippen molar-refractivity contribution in [3.63, 3.8) is 0 Å². The number of piperidine rings is 1. The predicted molar refractivity (Wildman–Crippen MR) is 117 cm³/mol. The Hall–Kier alpha value is -2.82. The molecular formula is C25H30N2O3. The molecule has 2 bridgehead atoms. The lowest BCUT2D eigenvalue weighted by Crippen LogP contribution is -2.64. The number of likely N-dealkylation sites (tertiary alicyclic amines) is 1. The first-order valence-corrected chi connectivity index (χ1v) is 10.5. The molecule has 1 saturated heterocycles. The summed E-state index contributed by atoms with van der Waals surface area (Å²) < 4.78 is 0. The lowest BCUT2D eigenvalue weighted by atomic mass is 9.51. The normalized spacial score (nSPS) is 24.2. The molecule has 5 nitrogen and oxygen atoms in total. The van der Waals surface area contributed by atoms with Crippen molar-refractivity contribution in [1.82, 2.24) is 9.80 Å². The highest BCUT2D eigenvalue weighted by molar-refractivity contribution is 5.98. The fraction of sp³-hybridized carbons (Fsp3) is 0.440. The minimum Gasteiger partial charge on any atom is -0.508 e. The molecule has 2 aromatic rings. The van der Waals surface area contributed by atoms with Gasteiger partial charge < -0.3 is 14.9 Å². The second kappa shape index (κ2) is 6.86. The number of fused-ring (bicyclic) bond motifs is 4. The first-order chi connectivity index (χ1) is 14.1. The molecule has 1 heterocycles. The molecule has 2 aliphatic rings. The number of hydrogen-bond acceptors (Lipinski definition) is 3. The highest BCUT2D eigenvalue weighted by atomic mass is 16.3. The first-order valence-electron chi connectivity index (χ1n) is 10.5. The average molecular weight is 407 g/mol. The third-order valence-electron chi connectivity index (χ3n) is 7.67. The van der Waals surface area contributed by atoms with Crippen molar-refractivity contribution in [1.29, 1.82) is 0 Å². The van der Waals surface area contributed by atoms with Crippen molar-refractivity contribution in [2.24, 2.45) is 5.41 Å². The van der Waals surface area contributed by atoms with Gasteiger partial charge in [0, 0.05) is 43.2 Å². The molecule has 30 heavy (non-hydrogen) atoms. The number of benzene rings is 2. The van der Waals surface area contributed by atoms with E-state index in [1.54, 1.807) is 44.4 Å². The van der Waals surface area contributed by atoms with Crippen molar-refractivity contribution < 1.29 is 14.7 Å². The standard InChI is InChI=1S/C25H30N2O3/c1-24(2)21-15-18-19(7-6-8-20(18)28)25(24,3)13-14-27(21)23(30)17-11-9-16(10-12-17)22(29)26(4)5/h6-12,21,28H,13-15H2,1-5H3/t21-,25-/m1/s1. The zero-order chi connectivity index (χ0) is 21.8. The van der Waals surface area contributed by atoms with Gasteiger partial charge in [0.1, 0.15) is 5.75 Å². The summed E-state index contributed by atoms with van der Waals surface area (Å²) in [6.45, 7) is 7.42. The topological polar surface area (TPSA) is 60.9 Å². The van der Waals surface area contributed by atoms with Gasteiger partial charge >= 0.3 is 0 Å². The van der Waals surface area contributed by atoms with E-state index < -0.39 is 0 Å². The molecule has 0 unspecified atom stereocenters. The molecule has 0 radical (unpaired) electrons. The van der Waals surface area contributed by atoms with Crippen molar-refractivity contribution >= 4 is 11.8 Å². The first kappa shape index (κ1) is 20.5. The third-order valence-corrected chi connectivity index (χ3v) is 7.67. The maximum atomic E-state index is 13.5. The van der Waals surface area contributed by atoms with Crippen LogP contribution in [-0.4, -0.2) is 53.4 Å². The molecule has 158 valence electrons. The van der Waals surface area contributed by atoms with Crippen LogP contribution in [0, 0.1) is 5.41 Å². The van der Waals surface area contributed by atoms with Crippen LogP contribution in [0.25, 0.3) is 0 Å². The van der Waals surface area contributed by atoms with Gasteiger partial charge in [0.15, 0.2) is 0 Å². The van der Waals surface area contributed by atoms with E-state index >= 15 is 0 Å². The maximum Gasteiger partial charge on any atom is 0.254 e.